The fourth-order valence-corrected chi connectivity index (χ4v) is 3.71. The molecule has 7 nitrogen and oxygen atoms in total. The van der Waals surface area contributed by atoms with Crippen LogP contribution in [-0.2, 0) is 29.2 Å². The van der Waals surface area contributed by atoms with Crippen LogP contribution in [0.25, 0.3) is 0 Å². The molecule has 0 aromatic heterocycles. The predicted molar refractivity (Wildman–Crippen MR) is 113 cm³/mol. The van der Waals surface area contributed by atoms with E-state index in [2.05, 4.69) is 6.58 Å². The Morgan fingerprint density at radius 1 is 0.931 bits per heavy atom. The average Bonchev–Trinajstić information content (AvgIpc) is 2.68. The second-order valence-electron chi connectivity index (χ2n) is 7.44. The second-order valence-corrected chi connectivity index (χ2v) is 9.04. The van der Waals surface area contributed by atoms with Crippen LogP contribution in [0, 0.1) is 11.8 Å². The van der Waals surface area contributed by atoms with Gasteiger partial charge in [0.1, 0.15) is 0 Å². The predicted octanol–water partition coefficient (Wildman–Crippen LogP) is 4.32. The van der Waals surface area contributed by atoms with Gasteiger partial charge in [-0.1, -0.05) is 66.2 Å². The first-order valence-corrected chi connectivity index (χ1v) is 12.0. The molecule has 0 aliphatic rings. The molecule has 0 aliphatic carbocycles. The topological polar surface area (TPSA) is 107 Å². The van der Waals surface area contributed by atoms with Gasteiger partial charge in [-0.05, 0) is 30.8 Å². The second kappa shape index (κ2) is 13.7. The number of esters is 2. The smallest absolute Gasteiger partial charge is 0.345 e. The summed E-state index contributed by atoms with van der Waals surface area (Å²) in [5, 5.41) is 0. The van der Waals surface area contributed by atoms with Crippen molar-refractivity contribution in [2.75, 3.05) is 13.2 Å². The quantitative estimate of drug-likeness (QED) is 0.167. The van der Waals surface area contributed by atoms with Crippen LogP contribution < -0.4 is 0 Å². The Morgan fingerprint density at radius 2 is 1.31 bits per heavy atom. The summed E-state index contributed by atoms with van der Waals surface area (Å²) in [4.78, 5) is 25.3. The third kappa shape index (κ3) is 8.09. The van der Waals surface area contributed by atoms with Crippen LogP contribution in [0.3, 0.4) is 0 Å². The van der Waals surface area contributed by atoms with Gasteiger partial charge in [0.15, 0.2) is 0 Å². The molecule has 170 valence electrons. The molecule has 0 aromatic carbocycles. The molecule has 0 radical (unpaired) electrons. The highest BCUT2D eigenvalue weighted by molar-refractivity contribution is 7.89. The van der Waals surface area contributed by atoms with Gasteiger partial charge in [0.05, 0.1) is 13.2 Å². The SMILES string of the molecule is C=CC(C(=O)OCC(CC)CCCC)(C(=O)OCC(CC)CCCC)S(=O)(=O)O. The van der Waals surface area contributed by atoms with Crippen molar-refractivity contribution in [3.8, 4) is 0 Å². The number of rotatable bonds is 16. The van der Waals surface area contributed by atoms with E-state index in [1.165, 1.54) is 0 Å². The molecule has 0 rings (SSSR count). The summed E-state index contributed by atoms with van der Waals surface area (Å²) in [6.07, 6.45) is 7.54. The summed E-state index contributed by atoms with van der Waals surface area (Å²) in [6, 6.07) is 0. The monoisotopic (exact) mass is 434 g/mol. The molecule has 0 heterocycles. The lowest BCUT2D eigenvalue weighted by Gasteiger charge is -2.25. The third-order valence-corrected chi connectivity index (χ3v) is 6.60. The van der Waals surface area contributed by atoms with Gasteiger partial charge in [-0.15, -0.1) is 6.58 Å². The molecule has 1 N–H and O–H groups in total. The molecule has 0 aromatic rings. The highest BCUT2D eigenvalue weighted by atomic mass is 32.2. The van der Waals surface area contributed by atoms with E-state index in [1.54, 1.807) is 0 Å². The first-order chi connectivity index (χ1) is 13.6. The fraction of sp³-hybridized carbons (Fsp3) is 0.810. The molecular formula is C21H38O7S. The van der Waals surface area contributed by atoms with E-state index < -0.39 is 26.8 Å². The van der Waals surface area contributed by atoms with E-state index in [0.717, 1.165) is 51.4 Å². The zero-order chi connectivity index (χ0) is 22.5. The minimum absolute atomic E-state index is 0.0392. The summed E-state index contributed by atoms with van der Waals surface area (Å²) in [7, 11) is -5.19. The molecule has 0 saturated carbocycles. The van der Waals surface area contributed by atoms with Gasteiger partial charge in [-0.25, -0.2) is 9.59 Å². The Bertz CT molecular complexity index is 581. The van der Waals surface area contributed by atoms with Crippen LogP contribution in [0.4, 0.5) is 0 Å². The molecule has 2 atom stereocenters. The Kier molecular flexibility index (Phi) is 13.1. The normalized spacial score (nSPS) is 15.8. The fourth-order valence-electron chi connectivity index (χ4n) is 2.96. The molecule has 0 spiro atoms. The molecule has 2 unspecified atom stereocenters. The van der Waals surface area contributed by atoms with Gasteiger partial charge in [-0.2, -0.15) is 8.42 Å². The standard InChI is InChI=1S/C21H38O7S/c1-6-11-13-17(8-3)15-27-19(22)21(10-5,29(24,25)26)20(23)28-16-18(9-4)14-12-7-2/h10,17-18H,5-9,11-16H2,1-4H3,(H,24,25,26). The number of hydrogen-bond donors (Lipinski definition) is 1. The minimum Gasteiger partial charge on any atom is -0.463 e. The van der Waals surface area contributed by atoms with Gasteiger partial charge in [0, 0.05) is 0 Å². The van der Waals surface area contributed by atoms with Crippen molar-refractivity contribution < 1.29 is 32.0 Å². The van der Waals surface area contributed by atoms with Crippen molar-refractivity contribution in [3.63, 3.8) is 0 Å². The van der Waals surface area contributed by atoms with Crippen LogP contribution in [0.15, 0.2) is 12.7 Å². The summed E-state index contributed by atoms with van der Waals surface area (Å²) in [5.74, 6) is -2.68. The van der Waals surface area contributed by atoms with Crippen LogP contribution >= 0.6 is 0 Å². The number of carbonyl (C=O) groups excluding carboxylic acids is 2. The van der Waals surface area contributed by atoms with Crippen molar-refractivity contribution in [2.45, 2.75) is 83.8 Å². The third-order valence-electron chi connectivity index (χ3n) is 5.29. The van der Waals surface area contributed by atoms with Gasteiger partial charge in [-0.3, -0.25) is 4.55 Å². The number of ether oxygens (including phenoxy) is 2. The maximum atomic E-state index is 12.6. The summed E-state index contributed by atoms with van der Waals surface area (Å²) in [5.41, 5.74) is 0. The molecule has 8 heteroatoms. The van der Waals surface area contributed by atoms with E-state index in [0.29, 0.717) is 6.08 Å². The number of unbranched alkanes of at least 4 members (excludes halogenated alkanes) is 2. The Labute approximate surface area is 176 Å². The lowest BCUT2D eigenvalue weighted by molar-refractivity contribution is -0.159. The zero-order valence-electron chi connectivity index (χ0n) is 18.3. The highest BCUT2D eigenvalue weighted by Gasteiger charge is 2.58. The molecule has 0 aliphatic heterocycles. The largest absolute Gasteiger partial charge is 0.463 e. The number of carbonyl (C=O) groups is 2. The van der Waals surface area contributed by atoms with E-state index in [1.807, 2.05) is 27.7 Å². The summed E-state index contributed by atoms with van der Waals surface area (Å²) < 4.78 is 41.1. The zero-order valence-corrected chi connectivity index (χ0v) is 19.1. The lowest BCUT2D eigenvalue weighted by atomic mass is 10.00. The van der Waals surface area contributed by atoms with Crippen LogP contribution in [-0.4, -0.2) is 42.9 Å². The Morgan fingerprint density at radius 3 is 1.55 bits per heavy atom. The molecular weight excluding hydrogens is 396 g/mol. The van der Waals surface area contributed by atoms with E-state index >= 15 is 0 Å². The molecule has 0 saturated heterocycles. The van der Waals surface area contributed by atoms with E-state index in [-0.39, 0.29) is 25.0 Å². The Hall–Kier alpha value is -1.41. The average molecular weight is 435 g/mol. The van der Waals surface area contributed by atoms with Crippen LogP contribution in [0.2, 0.25) is 0 Å². The maximum Gasteiger partial charge on any atom is 0.345 e. The minimum atomic E-state index is -5.19. The van der Waals surface area contributed by atoms with Crippen LogP contribution in [0.5, 0.6) is 0 Å². The lowest BCUT2D eigenvalue weighted by Crippen LogP contribution is -2.53. The Balaban J connectivity index is 5.39. The molecule has 0 fully saturated rings. The van der Waals surface area contributed by atoms with E-state index in [9.17, 15) is 22.6 Å². The van der Waals surface area contributed by atoms with Crippen molar-refractivity contribution in [3.05, 3.63) is 12.7 Å². The van der Waals surface area contributed by atoms with Gasteiger partial charge < -0.3 is 9.47 Å². The van der Waals surface area contributed by atoms with Gasteiger partial charge in [0.25, 0.3) is 10.1 Å². The number of hydrogen-bond acceptors (Lipinski definition) is 6. The summed E-state index contributed by atoms with van der Waals surface area (Å²) in [6.45, 7) is 11.2. The summed E-state index contributed by atoms with van der Waals surface area (Å²) >= 11 is 0. The van der Waals surface area contributed by atoms with Crippen molar-refractivity contribution in [1.82, 2.24) is 0 Å². The first-order valence-electron chi connectivity index (χ1n) is 10.6. The highest BCUT2D eigenvalue weighted by Crippen LogP contribution is 2.25. The first kappa shape index (κ1) is 27.6. The maximum absolute atomic E-state index is 12.6. The van der Waals surface area contributed by atoms with E-state index in [4.69, 9.17) is 9.47 Å². The van der Waals surface area contributed by atoms with Gasteiger partial charge >= 0.3 is 16.7 Å². The van der Waals surface area contributed by atoms with Gasteiger partial charge in [0.2, 0.25) is 0 Å². The van der Waals surface area contributed by atoms with Crippen molar-refractivity contribution in [2.24, 2.45) is 11.8 Å². The van der Waals surface area contributed by atoms with Crippen molar-refractivity contribution >= 4 is 22.1 Å². The molecule has 0 amide bonds. The molecule has 0 bridgehead atoms. The van der Waals surface area contributed by atoms with Crippen molar-refractivity contribution in [1.29, 1.82) is 0 Å². The van der Waals surface area contributed by atoms with Crippen LogP contribution in [0.1, 0.15) is 79.1 Å². The molecule has 29 heavy (non-hydrogen) atoms.